The quantitative estimate of drug-likeness (QED) is 0.822. The van der Waals surface area contributed by atoms with Crippen LogP contribution >= 0.6 is 0 Å². The molecule has 2 fully saturated rings. The molecule has 6 nitrogen and oxygen atoms in total. The summed E-state index contributed by atoms with van der Waals surface area (Å²) in [5, 5.41) is 4.28. The molecular formula is C17H29N5O. The minimum atomic E-state index is 0.215. The average Bonchev–Trinajstić information content (AvgIpc) is 3.09. The van der Waals surface area contributed by atoms with Gasteiger partial charge in [0.2, 0.25) is 5.91 Å². The van der Waals surface area contributed by atoms with Crippen molar-refractivity contribution in [2.24, 2.45) is 5.92 Å². The second-order valence-corrected chi connectivity index (χ2v) is 6.97. The summed E-state index contributed by atoms with van der Waals surface area (Å²) in [6.07, 6.45) is 4.96. The Morgan fingerprint density at radius 2 is 2.04 bits per heavy atom. The highest BCUT2D eigenvalue weighted by Gasteiger charge is 2.34. The molecule has 0 unspecified atom stereocenters. The maximum Gasteiger partial charge on any atom is 0.219 e. The van der Waals surface area contributed by atoms with E-state index in [2.05, 4.69) is 21.8 Å². The normalized spacial score (nSPS) is 27.3. The number of nitrogens with zero attached hydrogens (tertiary/aromatic N) is 5. The second kappa shape index (κ2) is 7.45. The first-order chi connectivity index (χ1) is 11.1. The number of carbonyl (C=O) groups is 1. The lowest BCUT2D eigenvalue weighted by molar-refractivity contribution is -0.128. The van der Waals surface area contributed by atoms with Gasteiger partial charge < -0.3 is 4.90 Å². The molecule has 2 aliphatic heterocycles. The summed E-state index contributed by atoms with van der Waals surface area (Å²) in [7, 11) is 0. The molecule has 0 aromatic carbocycles. The van der Waals surface area contributed by atoms with Gasteiger partial charge >= 0.3 is 0 Å². The zero-order valence-corrected chi connectivity index (χ0v) is 14.4. The minimum Gasteiger partial charge on any atom is -0.342 e. The molecule has 1 amide bonds. The van der Waals surface area contributed by atoms with Crippen LogP contribution in [0.3, 0.4) is 0 Å². The third kappa shape index (κ3) is 4.12. The van der Waals surface area contributed by atoms with E-state index < -0.39 is 0 Å². The molecule has 3 heterocycles. The van der Waals surface area contributed by atoms with Crippen molar-refractivity contribution in [1.29, 1.82) is 0 Å². The summed E-state index contributed by atoms with van der Waals surface area (Å²) >= 11 is 0. The number of hydrogen-bond donors (Lipinski definition) is 0. The van der Waals surface area contributed by atoms with E-state index in [4.69, 9.17) is 0 Å². The second-order valence-electron chi connectivity index (χ2n) is 6.97. The van der Waals surface area contributed by atoms with Gasteiger partial charge in [-0.3, -0.25) is 19.3 Å². The van der Waals surface area contributed by atoms with Gasteiger partial charge in [-0.1, -0.05) is 6.92 Å². The Hall–Kier alpha value is -1.40. The molecule has 0 bridgehead atoms. The first-order valence-corrected chi connectivity index (χ1v) is 8.83. The molecule has 0 N–H and O–H groups in total. The number of rotatable bonds is 4. The van der Waals surface area contributed by atoms with Crippen LogP contribution in [-0.2, 0) is 11.3 Å². The highest BCUT2D eigenvalue weighted by molar-refractivity contribution is 5.73. The lowest BCUT2D eigenvalue weighted by Crippen LogP contribution is -2.43. The van der Waals surface area contributed by atoms with Crippen molar-refractivity contribution in [3.63, 3.8) is 0 Å². The maximum absolute atomic E-state index is 11.6. The summed E-state index contributed by atoms with van der Waals surface area (Å²) in [5.74, 6) is 0.906. The number of likely N-dealkylation sites (tertiary alicyclic amines) is 1. The Bertz CT molecular complexity index is 503. The standard InChI is InChI=1S/C17H29N5O/c1-15-13-19(9-12-22-8-3-5-18-22)14-17(15)21-7-4-6-20(10-11-21)16(2)23/h3,5,8,15,17H,4,6-7,9-14H2,1-2H3/t15-,17-/m0/s1. The predicted octanol–water partition coefficient (Wildman–Crippen LogP) is 0.758. The SMILES string of the molecule is CC(=O)N1CCCN([C@H]2CN(CCn3cccn3)C[C@@H]2C)CC1. The average molecular weight is 319 g/mol. The highest BCUT2D eigenvalue weighted by Crippen LogP contribution is 2.23. The number of carbonyl (C=O) groups excluding carboxylic acids is 1. The van der Waals surface area contributed by atoms with Crippen LogP contribution in [0.4, 0.5) is 0 Å². The van der Waals surface area contributed by atoms with Crippen molar-refractivity contribution >= 4 is 5.91 Å². The maximum atomic E-state index is 11.6. The van der Waals surface area contributed by atoms with Crippen LogP contribution in [0.25, 0.3) is 0 Å². The van der Waals surface area contributed by atoms with Crippen LogP contribution in [0.2, 0.25) is 0 Å². The summed E-state index contributed by atoms with van der Waals surface area (Å²) in [6.45, 7) is 12.3. The fourth-order valence-electron chi connectivity index (χ4n) is 3.97. The van der Waals surface area contributed by atoms with E-state index in [1.54, 1.807) is 6.92 Å². The van der Waals surface area contributed by atoms with E-state index in [0.717, 1.165) is 52.2 Å². The Morgan fingerprint density at radius 1 is 1.17 bits per heavy atom. The number of aromatic nitrogens is 2. The van der Waals surface area contributed by atoms with Crippen LogP contribution in [0.15, 0.2) is 18.5 Å². The number of amides is 1. The van der Waals surface area contributed by atoms with Crippen molar-refractivity contribution in [3.8, 4) is 0 Å². The third-order valence-electron chi connectivity index (χ3n) is 5.30. The van der Waals surface area contributed by atoms with E-state index in [1.165, 1.54) is 6.54 Å². The Labute approximate surface area is 139 Å². The molecule has 2 atom stereocenters. The van der Waals surface area contributed by atoms with Gasteiger partial charge in [0, 0.05) is 71.2 Å². The number of hydrogen-bond acceptors (Lipinski definition) is 4. The van der Waals surface area contributed by atoms with E-state index >= 15 is 0 Å². The van der Waals surface area contributed by atoms with Crippen LogP contribution in [-0.4, -0.2) is 82.2 Å². The molecule has 2 aliphatic rings. The van der Waals surface area contributed by atoms with E-state index in [-0.39, 0.29) is 5.91 Å². The van der Waals surface area contributed by atoms with Crippen molar-refractivity contribution in [2.45, 2.75) is 32.9 Å². The molecule has 1 aromatic rings. The van der Waals surface area contributed by atoms with Gasteiger partial charge in [0.15, 0.2) is 0 Å². The van der Waals surface area contributed by atoms with Gasteiger partial charge in [0.1, 0.15) is 0 Å². The summed E-state index contributed by atoms with van der Waals surface area (Å²) in [4.78, 5) is 18.8. The van der Waals surface area contributed by atoms with Crippen LogP contribution < -0.4 is 0 Å². The molecule has 23 heavy (non-hydrogen) atoms. The first kappa shape index (κ1) is 16.5. The summed E-state index contributed by atoms with van der Waals surface area (Å²) in [6, 6.07) is 2.60. The molecular weight excluding hydrogens is 290 g/mol. The Morgan fingerprint density at radius 3 is 2.78 bits per heavy atom. The van der Waals surface area contributed by atoms with E-state index in [0.29, 0.717) is 12.0 Å². The van der Waals surface area contributed by atoms with Gasteiger partial charge in [-0.2, -0.15) is 5.10 Å². The predicted molar refractivity (Wildman–Crippen MR) is 90.1 cm³/mol. The molecule has 0 radical (unpaired) electrons. The van der Waals surface area contributed by atoms with Crippen molar-refractivity contribution in [1.82, 2.24) is 24.5 Å². The van der Waals surface area contributed by atoms with Gasteiger partial charge in [-0.25, -0.2) is 0 Å². The zero-order valence-electron chi connectivity index (χ0n) is 14.4. The fourth-order valence-corrected chi connectivity index (χ4v) is 3.97. The largest absolute Gasteiger partial charge is 0.342 e. The molecule has 6 heteroatoms. The smallest absolute Gasteiger partial charge is 0.219 e. The van der Waals surface area contributed by atoms with E-state index in [9.17, 15) is 4.79 Å². The van der Waals surface area contributed by atoms with Gasteiger partial charge in [0.05, 0.1) is 6.54 Å². The summed E-state index contributed by atoms with van der Waals surface area (Å²) in [5.41, 5.74) is 0. The van der Waals surface area contributed by atoms with Crippen LogP contribution in [0.5, 0.6) is 0 Å². The summed E-state index contributed by atoms with van der Waals surface area (Å²) < 4.78 is 2.01. The van der Waals surface area contributed by atoms with Crippen LogP contribution in [0, 0.1) is 5.92 Å². The zero-order chi connectivity index (χ0) is 16.2. The Kier molecular flexibility index (Phi) is 5.33. The molecule has 1 aromatic heterocycles. The van der Waals surface area contributed by atoms with E-state index in [1.807, 2.05) is 28.0 Å². The minimum absolute atomic E-state index is 0.215. The fraction of sp³-hybridized carbons (Fsp3) is 0.765. The molecule has 0 saturated carbocycles. The topological polar surface area (TPSA) is 44.6 Å². The van der Waals surface area contributed by atoms with Crippen molar-refractivity contribution < 1.29 is 4.79 Å². The lowest BCUT2D eigenvalue weighted by atomic mass is 10.0. The first-order valence-electron chi connectivity index (χ1n) is 8.83. The lowest BCUT2D eigenvalue weighted by Gasteiger charge is -2.30. The highest BCUT2D eigenvalue weighted by atomic mass is 16.2. The molecule has 2 saturated heterocycles. The van der Waals surface area contributed by atoms with Gasteiger partial charge in [-0.05, 0) is 18.4 Å². The molecule has 0 spiro atoms. The molecule has 0 aliphatic carbocycles. The molecule has 128 valence electrons. The monoisotopic (exact) mass is 319 g/mol. The van der Waals surface area contributed by atoms with Crippen LogP contribution in [0.1, 0.15) is 20.3 Å². The van der Waals surface area contributed by atoms with Gasteiger partial charge in [0.25, 0.3) is 0 Å². The molecule has 3 rings (SSSR count). The third-order valence-corrected chi connectivity index (χ3v) is 5.30. The van der Waals surface area contributed by atoms with Crippen molar-refractivity contribution in [2.75, 3.05) is 45.8 Å². The van der Waals surface area contributed by atoms with Crippen molar-refractivity contribution in [3.05, 3.63) is 18.5 Å². The Balaban J connectivity index is 1.51. The van der Waals surface area contributed by atoms with Gasteiger partial charge in [-0.15, -0.1) is 0 Å².